The Morgan fingerprint density at radius 3 is 3.00 bits per heavy atom. The van der Waals surface area contributed by atoms with E-state index in [2.05, 4.69) is 33.5 Å². The van der Waals surface area contributed by atoms with E-state index in [1.165, 1.54) is 16.9 Å². The number of rotatable bonds is 5. The molecule has 22 heavy (non-hydrogen) atoms. The number of aromatic nitrogens is 3. The minimum Gasteiger partial charge on any atom is -0.351 e. The van der Waals surface area contributed by atoms with E-state index in [1.807, 2.05) is 25.1 Å². The summed E-state index contributed by atoms with van der Waals surface area (Å²) in [6.07, 6.45) is 3.12. The van der Waals surface area contributed by atoms with Gasteiger partial charge in [-0.15, -0.1) is 10.2 Å². The molecule has 6 heteroatoms. The molecule has 2 aromatic heterocycles. The summed E-state index contributed by atoms with van der Waals surface area (Å²) in [5.41, 5.74) is 2.66. The first-order valence-corrected chi connectivity index (χ1v) is 8.20. The fourth-order valence-corrected chi connectivity index (χ4v) is 3.05. The van der Waals surface area contributed by atoms with Crippen LogP contribution in [0.3, 0.4) is 0 Å². The number of anilines is 1. The van der Waals surface area contributed by atoms with Gasteiger partial charge in [0.2, 0.25) is 5.13 Å². The SMILES string of the molecule is CCCCc1nnc(NC(=O)c2cc3cc(C)ccc3[nH]2)s1. The number of aromatic amines is 1. The van der Waals surface area contributed by atoms with E-state index in [-0.39, 0.29) is 5.91 Å². The van der Waals surface area contributed by atoms with Gasteiger partial charge in [0.25, 0.3) is 5.91 Å². The third kappa shape index (κ3) is 3.17. The largest absolute Gasteiger partial charge is 0.351 e. The Balaban J connectivity index is 1.73. The van der Waals surface area contributed by atoms with Gasteiger partial charge in [-0.05, 0) is 31.5 Å². The highest BCUT2D eigenvalue weighted by molar-refractivity contribution is 7.15. The van der Waals surface area contributed by atoms with Crippen LogP contribution in [0.1, 0.15) is 40.8 Å². The molecule has 3 aromatic rings. The second kappa shape index (κ2) is 6.27. The van der Waals surface area contributed by atoms with Crippen molar-refractivity contribution in [1.82, 2.24) is 15.2 Å². The summed E-state index contributed by atoms with van der Waals surface area (Å²) in [6, 6.07) is 7.91. The summed E-state index contributed by atoms with van der Waals surface area (Å²) in [7, 11) is 0. The first-order chi connectivity index (χ1) is 10.7. The highest BCUT2D eigenvalue weighted by Gasteiger charge is 2.12. The Morgan fingerprint density at radius 1 is 1.32 bits per heavy atom. The fourth-order valence-electron chi connectivity index (χ4n) is 2.27. The second-order valence-electron chi connectivity index (χ2n) is 5.33. The molecule has 0 bridgehead atoms. The van der Waals surface area contributed by atoms with E-state index in [0.29, 0.717) is 10.8 Å². The van der Waals surface area contributed by atoms with Gasteiger partial charge in [-0.25, -0.2) is 0 Å². The van der Waals surface area contributed by atoms with Crippen molar-refractivity contribution in [3.05, 3.63) is 40.5 Å². The quantitative estimate of drug-likeness (QED) is 0.749. The van der Waals surface area contributed by atoms with Crippen molar-refractivity contribution in [2.75, 3.05) is 5.32 Å². The zero-order chi connectivity index (χ0) is 15.5. The molecule has 2 heterocycles. The summed E-state index contributed by atoms with van der Waals surface area (Å²) in [5.74, 6) is -0.188. The van der Waals surface area contributed by atoms with E-state index in [9.17, 15) is 4.79 Å². The molecule has 0 aliphatic rings. The number of H-pyrrole nitrogens is 1. The molecular weight excluding hydrogens is 296 g/mol. The molecular formula is C16H18N4OS. The minimum atomic E-state index is -0.188. The summed E-state index contributed by atoms with van der Waals surface area (Å²) in [4.78, 5) is 15.4. The van der Waals surface area contributed by atoms with Crippen LogP contribution in [0.15, 0.2) is 24.3 Å². The molecule has 5 nitrogen and oxygen atoms in total. The highest BCUT2D eigenvalue weighted by Crippen LogP contribution is 2.20. The molecule has 2 N–H and O–H groups in total. The normalized spacial score (nSPS) is 11.0. The number of hydrogen-bond acceptors (Lipinski definition) is 4. The molecule has 0 saturated heterocycles. The number of amides is 1. The monoisotopic (exact) mass is 314 g/mol. The van der Waals surface area contributed by atoms with Gasteiger partial charge in [0.1, 0.15) is 10.7 Å². The van der Waals surface area contributed by atoms with Crippen molar-refractivity contribution in [3.8, 4) is 0 Å². The van der Waals surface area contributed by atoms with Crippen molar-refractivity contribution in [1.29, 1.82) is 0 Å². The van der Waals surface area contributed by atoms with Crippen molar-refractivity contribution in [2.45, 2.75) is 33.1 Å². The number of carbonyl (C=O) groups is 1. The molecule has 0 aliphatic heterocycles. The van der Waals surface area contributed by atoms with Gasteiger partial charge in [0.15, 0.2) is 0 Å². The van der Waals surface area contributed by atoms with Crippen molar-refractivity contribution in [3.63, 3.8) is 0 Å². The summed E-state index contributed by atoms with van der Waals surface area (Å²) < 4.78 is 0. The van der Waals surface area contributed by atoms with Crippen molar-refractivity contribution < 1.29 is 4.79 Å². The first kappa shape index (κ1) is 14.7. The maximum atomic E-state index is 12.3. The molecule has 0 spiro atoms. The van der Waals surface area contributed by atoms with Gasteiger partial charge in [0.05, 0.1) is 0 Å². The van der Waals surface area contributed by atoms with Crippen molar-refractivity contribution in [2.24, 2.45) is 0 Å². The fraction of sp³-hybridized carbons (Fsp3) is 0.312. The molecule has 0 fully saturated rings. The van der Waals surface area contributed by atoms with E-state index < -0.39 is 0 Å². The standard InChI is InChI=1S/C16H18N4OS/c1-3-4-5-14-19-20-16(22-14)18-15(21)13-9-11-8-10(2)6-7-12(11)17-13/h6-9,17H,3-5H2,1-2H3,(H,18,20,21). The molecule has 0 atom stereocenters. The van der Waals surface area contributed by atoms with Crippen LogP contribution in [0.5, 0.6) is 0 Å². The van der Waals surface area contributed by atoms with Gasteiger partial charge in [0, 0.05) is 17.3 Å². The van der Waals surface area contributed by atoms with Gasteiger partial charge in [-0.3, -0.25) is 10.1 Å². The Bertz CT molecular complexity index is 805. The van der Waals surface area contributed by atoms with Crippen molar-refractivity contribution >= 4 is 33.3 Å². The van der Waals surface area contributed by atoms with Crippen LogP contribution in [0.4, 0.5) is 5.13 Å². The summed E-state index contributed by atoms with van der Waals surface area (Å²) in [6.45, 7) is 4.17. The Kier molecular flexibility index (Phi) is 4.20. The number of carbonyl (C=O) groups excluding carboxylic acids is 1. The lowest BCUT2D eigenvalue weighted by atomic mass is 10.2. The Hall–Kier alpha value is -2.21. The summed E-state index contributed by atoms with van der Waals surface area (Å²) in [5, 5.41) is 13.5. The lowest BCUT2D eigenvalue weighted by Gasteiger charge is -1.97. The van der Waals surface area contributed by atoms with Crippen LogP contribution in [0.25, 0.3) is 10.9 Å². The average molecular weight is 314 g/mol. The smallest absolute Gasteiger partial charge is 0.273 e. The van der Waals surface area contributed by atoms with Crippen LogP contribution >= 0.6 is 11.3 Å². The lowest BCUT2D eigenvalue weighted by molar-refractivity contribution is 0.102. The van der Waals surface area contributed by atoms with Crippen LogP contribution in [0, 0.1) is 6.92 Å². The van der Waals surface area contributed by atoms with E-state index >= 15 is 0 Å². The molecule has 0 unspecified atom stereocenters. The molecule has 114 valence electrons. The number of benzene rings is 1. The Labute approximate surface area is 132 Å². The average Bonchev–Trinajstić information content (AvgIpc) is 3.11. The maximum Gasteiger partial charge on any atom is 0.273 e. The topological polar surface area (TPSA) is 70.7 Å². The lowest BCUT2D eigenvalue weighted by Crippen LogP contribution is -2.11. The number of hydrogen-bond donors (Lipinski definition) is 2. The number of nitrogens with zero attached hydrogens (tertiary/aromatic N) is 2. The van der Waals surface area contributed by atoms with Gasteiger partial charge < -0.3 is 4.98 Å². The zero-order valence-corrected chi connectivity index (χ0v) is 13.5. The predicted octanol–water partition coefficient (Wildman–Crippen LogP) is 3.92. The molecule has 1 aromatic carbocycles. The second-order valence-corrected chi connectivity index (χ2v) is 6.39. The molecule has 0 aliphatic carbocycles. The summed E-state index contributed by atoms with van der Waals surface area (Å²) >= 11 is 1.44. The third-order valence-electron chi connectivity index (χ3n) is 3.45. The van der Waals surface area contributed by atoms with Gasteiger partial charge in [-0.1, -0.05) is 36.3 Å². The predicted molar refractivity (Wildman–Crippen MR) is 89.5 cm³/mol. The first-order valence-electron chi connectivity index (χ1n) is 7.39. The van der Waals surface area contributed by atoms with Crippen LogP contribution in [0.2, 0.25) is 0 Å². The highest BCUT2D eigenvalue weighted by atomic mass is 32.1. The minimum absolute atomic E-state index is 0.188. The number of aryl methyl sites for hydroxylation is 2. The number of fused-ring (bicyclic) bond motifs is 1. The van der Waals surface area contributed by atoms with Crippen LogP contribution in [-0.4, -0.2) is 21.1 Å². The zero-order valence-electron chi connectivity index (χ0n) is 12.6. The molecule has 3 rings (SSSR count). The Morgan fingerprint density at radius 2 is 2.18 bits per heavy atom. The third-order valence-corrected chi connectivity index (χ3v) is 4.35. The molecule has 0 saturated carbocycles. The van der Waals surface area contributed by atoms with E-state index in [1.54, 1.807) is 0 Å². The van der Waals surface area contributed by atoms with Gasteiger partial charge in [-0.2, -0.15) is 0 Å². The van der Waals surface area contributed by atoms with Crippen LogP contribution in [-0.2, 0) is 6.42 Å². The molecule has 0 radical (unpaired) electrons. The van der Waals surface area contributed by atoms with E-state index in [0.717, 1.165) is 35.2 Å². The maximum absolute atomic E-state index is 12.3. The van der Waals surface area contributed by atoms with Gasteiger partial charge >= 0.3 is 0 Å². The number of unbranched alkanes of at least 4 members (excludes halogenated alkanes) is 1. The van der Waals surface area contributed by atoms with Crippen LogP contribution < -0.4 is 5.32 Å². The number of nitrogens with one attached hydrogen (secondary N) is 2. The van der Waals surface area contributed by atoms with E-state index in [4.69, 9.17) is 0 Å². The molecule has 1 amide bonds.